The molecule has 1 unspecified atom stereocenters. The van der Waals surface area contributed by atoms with Crippen LogP contribution in [0.25, 0.3) is 10.2 Å². The van der Waals surface area contributed by atoms with Crippen LogP contribution in [0.15, 0.2) is 77.8 Å². The van der Waals surface area contributed by atoms with Gasteiger partial charge < -0.3 is 10.2 Å². The van der Waals surface area contributed by atoms with E-state index in [9.17, 15) is 0 Å². The van der Waals surface area contributed by atoms with Crippen molar-refractivity contribution in [2.45, 2.75) is 24.1 Å². The molecule has 3 aromatic carbocycles. The fourth-order valence-electron chi connectivity index (χ4n) is 4.73. The van der Waals surface area contributed by atoms with Crippen LogP contribution >= 0.6 is 23.1 Å². The Labute approximate surface area is 196 Å². The predicted molar refractivity (Wildman–Crippen MR) is 137 cm³/mol. The molecule has 1 aromatic heterocycles. The number of fused-ring (bicyclic) bond motifs is 4. The molecule has 2 atom stereocenters. The molecule has 0 amide bonds. The number of thiazole rings is 1. The minimum atomic E-state index is 0.433. The average Bonchev–Trinajstić information content (AvgIpc) is 3.47. The van der Waals surface area contributed by atoms with E-state index in [0.29, 0.717) is 11.3 Å². The van der Waals surface area contributed by atoms with Crippen molar-refractivity contribution >= 4 is 49.3 Å². The molecule has 4 nitrogen and oxygen atoms in total. The highest BCUT2D eigenvalue weighted by atomic mass is 32.2. The summed E-state index contributed by atoms with van der Waals surface area (Å²) in [4.78, 5) is 12.2. The minimum Gasteiger partial charge on any atom is -0.361 e. The third kappa shape index (κ3) is 3.57. The molecular formula is C26H24N4S2. The van der Waals surface area contributed by atoms with Crippen molar-refractivity contribution in [3.63, 3.8) is 0 Å². The number of nitrogens with zero attached hydrogens (tertiary/aromatic N) is 3. The number of para-hydroxylation sites is 2. The van der Waals surface area contributed by atoms with Gasteiger partial charge in [0, 0.05) is 18.8 Å². The van der Waals surface area contributed by atoms with Crippen LogP contribution in [-0.2, 0) is 12.8 Å². The second-order valence-electron chi connectivity index (χ2n) is 8.30. The number of aliphatic imine (C=N–C) groups is 1. The highest BCUT2D eigenvalue weighted by Crippen LogP contribution is 2.48. The topological polar surface area (TPSA) is 40.5 Å². The largest absolute Gasteiger partial charge is 0.361 e. The van der Waals surface area contributed by atoms with Gasteiger partial charge in [0.2, 0.25) is 0 Å². The van der Waals surface area contributed by atoms with Gasteiger partial charge in [-0.1, -0.05) is 77.7 Å². The summed E-state index contributed by atoms with van der Waals surface area (Å²) in [6, 6.07) is 26.1. The third-order valence-electron chi connectivity index (χ3n) is 6.29. The predicted octanol–water partition coefficient (Wildman–Crippen LogP) is 6.28. The average molecular weight is 457 g/mol. The van der Waals surface area contributed by atoms with Crippen LogP contribution in [0.5, 0.6) is 0 Å². The van der Waals surface area contributed by atoms with Gasteiger partial charge in [0.1, 0.15) is 0 Å². The summed E-state index contributed by atoms with van der Waals surface area (Å²) in [6.45, 7) is 0.837. The van der Waals surface area contributed by atoms with E-state index < -0.39 is 0 Å². The number of rotatable bonds is 5. The van der Waals surface area contributed by atoms with Crippen molar-refractivity contribution in [1.82, 2.24) is 9.88 Å². The van der Waals surface area contributed by atoms with E-state index in [1.165, 1.54) is 21.4 Å². The molecule has 4 aromatic rings. The molecule has 2 heterocycles. The molecule has 6 heteroatoms. The summed E-state index contributed by atoms with van der Waals surface area (Å²) in [5.74, 6) is 0. The van der Waals surface area contributed by atoms with Gasteiger partial charge in [-0.15, -0.1) is 0 Å². The molecule has 1 N–H and O–H groups in total. The number of aromatic nitrogens is 1. The summed E-state index contributed by atoms with van der Waals surface area (Å²) >= 11 is 3.63. The van der Waals surface area contributed by atoms with Crippen LogP contribution in [0.1, 0.15) is 22.7 Å². The van der Waals surface area contributed by atoms with Gasteiger partial charge >= 0.3 is 0 Å². The molecule has 0 radical (unpaired) electrons. The Kier molecular flexibility index (Phi) is 5.12. The van der Waals surface area contributed by atoms with Gasteiger partial charge in [0.25, 0.3) is 0 Å². The van der Waals surface area contributed by atoms with Crippen LogP contribution in [-0.4, -0.2) is 33.9 Å². The Bertz CT molecular complexity index is 1280. The summed E-state index contributed by atoms with van der Waals surface area (Å²) in [6.07, 6.45) is 2.04. The van der Waals surface area contributed by atoms with E-state index in [1.54, 1.807) is 11.3 Å². The van der Waals surface area contributed by atoms with Gasteiger partial charge in [-0.05, 0) is 47.7 Å². The van der Waals surface area contributed by atoms with E-state index in [4.69, 9.17) is 4.99 Å². The van der Waals surface area contributed by atoms with E-state index in [2.05, 4.69) is 89.0 Å². The fraction of sp³-hybridized carbons (Fsp3) is 0.231. The second kappa shape index (κ2) is 8.26. The standard InChI is InChI=1S/C26H24N4S2/c1-30-24-19-10-4-2-9-18(19)16-23(24)32-26(30)29-20-11-5-3-8-17(20)14-15-27-25-28-21-12-6-7-13-22(21)31-25/h2-13,23-24H,14-16H2,1H3,(H,27,28)/t23?,24-/m0/s1. The number of benzene rings is 3. The number of thioether (sulfide) groups is 1. The number of anilines is 1. The zero-order chi connectivity index (χ0) is 21.5. The smallest absolute Gasteiger partial charge is 0.183 e. The van der Waals surface area contributed by atoms with Gasteiger partial charge in [-0.25, -0.2) is 9.98 Å². The lowest BCUT2D eigenvalue weighted by Crippen LogP contribution is -2.23. The van der Waals surface area contributed by atoms with E-state index >= 15 is 0 Å². The summed E-state index contributed by atoms with van der Waals surface area (Å²) in [7, 11) is 2.19. The Hall–Kier alpha value is -2.83. The molecule has 0 spiro atoms. The molecule has 2 aliphatic rings. The summed E-state index contributed by atoms with van der Waals surface area (Å²) < 4.78 is 1.22. The first-order chi connectivity index (χ1) is 15.8. The maximum atomic E-state index is 5.12. The number of hydrogen-bond acceptors (Lipinski definition) is 5. The lowest BCUT2D eigenvalue weighted by atomic mass is 10.1. The molecule has 6 rings (SSSR count). The fourth-order valence-corrected chi connectivity index (χ4v) is 7.04. The highest BCUT2D eigenvalue weighted by Gasteiger charge is 2.43. The molecule has 1 fully saturated rings. The third-order valence-corrected chi connectivity index (χ3v) is 8.61. The summed E-state index contributed by atoms with van der Waals surface area (Å²) in [5, 5.41) is 6.16. The Morgan fingerprint density at radius 3 is 2.78 bits per heavy atom. The Balaban J connectivity index is 1.18. The normalized spacial score (nSPS) is 20.7. The Morgan fingerprint density at radius 1 is 1.03 bits per heavy atom. The summed E-state index contributed by atoms with van der Waals surface area (Å²) in [5.41, 5.74) is 6.34. The minimum absolute atomic E-state index is 0.433. The Morgan fingerprint density at radius 2 is 1.84 bits per heavy atom. The van der Waals surface area contributed by atoms with Crippen molar-refractivity contribution < 1.29 is 0 Å². The lowest BCUT2D eigenvalue weighted by Gasteiger charge is -2.21. The van der Waals surface area contributed by atoms with Crippen LogP contribution < -0.4 is 5.32 Å². The number of amidine groups is 1. The molecule has 0 saturated carbocycles. The highest BCUT2D eigenvalue weighted by molar-refractivity contribution is 8.14. The second-order valence-corrected chi connectivity index (χ2v) is 10.5. The van der Waals surface area contributed by atoms with Crippen molar-refractivity contribution in [1.29, 1.82) is 0 Å². The molecular weight excluding hydrogens is 432 g/mol. The van der Waals surface area contributed by atoms with Gasteiger partial charge in [-0.3, -0.25) is 0 Å². The van der Waals surface area contributed by atoms with E-state index in [0.717, 1.165) is 40.9 Å². The van der Waals surface area contributed by atoms with E-state index in [1.807, 2.05) is 17.8 Å². The van der Waals surface area contributed by atoms with Crippen LogP contribution in [0.4, 0.5) is 10.8 Å². The molecule has 32 heavy (non-hydrogen) atoms. The maximum Gasteiger partial charge on any atom is 0.183 e. The first kappa shape index (κ1) is 19.8. The molecule has 160 valence electrons. The quantitative estimate of drug-likeness (QED) is 0.383. The van der Waals surface area contributed by atoms with Gasteiger partial charge in [0.05, 0.1) is 21.9 Å². The van der Waals surface area contributed by atoms with Crippen LogP contribution in [0.3, 0.4) is 0 Å². The van der Waals surface area contributed by atoms with Crippen LogP contribution in [0.2, 0.25) is 0 Å². The van der Waals surface area contributed by atoms with Gasteiger partial charge in [-0.2, -0.15) is 0 Å². The zero-order valence-electron chi connectivity index (χ0n) is 17.9. The lowest BCUT2D eigenvalue weighted by molar-refractivity contribution is 0.402. The molecule has 1 aliphatic heterocycles. The SMILES string of the molecule is CN1C(=Nc2ccccc2CCNc2nc3ccccc3s2)SC2Cc3ccccc3[C@@H]21. The monoisotopic (exact) mass is 456 g/mol. The molecule has 1 aliphatic carbocycles. The maximum absolute atomic E-state index is 5.12. The zero-order valence-corrected chi connectivity index (χ0v) is 19.5. The van der Waals surface area contributed by atoms with Crippen molar-refractivity contribution in [2.75, 3.05) is 18.9 Å². The van der Waals surface area contributed by atoms with Crippen molar-refractivity contribution in [3.8, 4) is 0 Å². The molecule has 0 bridgehead atoms. The number of nitrogens with one attached hydrogen (secondary N) is 1. The molecule has 1 saturated heterocycles. The van der Waals surface area contributed by atoms with Crippen molar-refractivity contribution in [2.24, 2.45) is 4.99 Å². The number of hydrogen-bond donors (Lipinski definition) is 1. The first-order valence-corrected chi connectivity index (χ1v) is 12.7. The first-order valence-electron chi connectivity index (χ1n) is 11.0. The van der Waals surface area contributed by atoms with Crippen LogP contribution in [0, 0.1) is 0 Å². The van der Waals surface area contributed by atoms with Crippen molar-refractivity contribution in [3.05, 3.63) is 89.5 Å². The van der Waals surface area contributed by atoms with E-state index in [-0.39, 0.29) is 0 Å². The van der Waals surface area contributed by atoms with Gasteiger partial charge in [0.15, 0.2) is 10.3 Å².